The third-order valence-corrected chi connectivity index (χ3v) is 3.38. The largest absolute Gasteiger partial charge is 0.356 e. The molecule has 18 heavy (non-hydrogen) atoms. The highest BCUT2D eigenvalue weighted by molar-refractivity contribution is 7.99. The number of guanidine groups is 1. The second kappa shape index (κ2) is 8.89. The van der Waals surface area contributed by atoms with E-state index in [4.69, 9.17) is 11.6 Å². The standard InChI is InChI=1S/C13H18ClN3S/c1-3-8-16-13(15-2)17-9-10-18-12-6-4-11(14)5-7-12/h3-7H,1,8-10H2,2H3,(H2,15,16,17). The van der Waals surface area contributed by atoms with E-state index in [0.717, 1.165) is 23.3 Å². The predicted molar refractivity (Wildman–Crippen MR) is 81.7 cm³/mol. The molecule has 0 aliphatic carbocycles. The summed E-state index contributed by atoms with van der Waals surface area (Å²) in [6, 6.07) is 7.86. The summed E-state index contributed by atoms with van der Waals surface area (Å²) in [5.41, 5.74) is 0. The summed E-state index contributed by atoms with van der Waals surface area (Å²) >= 11 is 7.61. The third kappa shape index (κ3) is 5.98. The number of hydrogen-bond acceptors (Lipinski definition) is 2. The van der Waals surface area contributed by atoms with E-state index < -0.39 is 0 Å². The maximum absolute atomic E-state index is 5.83. The molecule has 1 aromatic rings. The Morgan fingerprint density at radius 3 is 2.72 bits per heavy atom. The van der Waals surface area contributed by atoms with Crippen LogP contribution in [0.25, 0.3) is 0 Å². The highest BCUT2D eigenvalue weighted by Gasteiger charge is 1.96. The molecule has 0 saturated heterocycles. The minimum absolute atomic E-state index is 0.712. The number of hydrogen-bond donors (Lipinski definition) is 2. The Morgan fingerprint density at radius 1 is 1.39 bits per heavy atom. The van der Waals surface area contributed by atoms with Crippen molar-refractivity contribution in [2.45, 2.75) is 4.90 Å². The van der Waals surface area contributed by atoms with Crippen LogP contribution in [0.1, 0.15) is 0 Å². The minimum Gasteiger partial charge on any atom is -0.356 e. The molecule has 0 saturated carbocycles. The van der Waals surface area contributed by atoms with Crippen molar-refractivity contribution in [3.63, 3.8) is 0 Å². The van der Waals surface area contributed by atoms with Gasteiger partial charge in [0, 0.05) is 35.8 Å². The molecule has 0 fully saturated rings. The first-order valence-electron chi connectivity index (χ1n) is 5.70. The van der Waals surface area contributed by atoms with Gasteiger partial charge in [-0.15, -0.1) is 18.3 Å². The predicted octanol–water partition coefficient (Wildman–Crippen LogP) is 2.78. The summed E-state index contributed by atoms with van der Waals surface area (Å²) in [6.07, 6.45) is 1.80. The lowest BCUT2D eigenvalue weighted by Gasteiger charge is -2.10. The van der Waals surface area contributed by atoms with Gasteiger partial charge in [-0.2, -0.15) is 0 Å². The number of nitrogens with one attached hydrogen (secondary N) is 2. The zero-order valence-electron chi connectivity index (χ0n) is 10.4. The maximum Gasteiger partial charge on any atom is 0.191 e. The van der Waals surface area contributed by atoms with Crippen molar-refractivity contribution in [3.8, 4) is 0 Å². The van der Waals surface area contributed by atoms with Crippen molar-refractivity contribution in [1.82, 2.24) is 10.6 Å². The number of rotatable bonds is 6. The average molecular weight is 284 g/mol. The van der Waals surface area contributed by atoms with E-state index in [-0.39, 0.29) is 0 Å². The van der Waals surface area contributed by atoms with Gasteiger partial charge in [-0.25, -0.2) is 0 Å². The number of thioether (sulfide) groups is 1. The molecule has 0 bridgehead atoms. The van der Waals surface area contributed by atoms with E-state index in [1.807, 2.05) is 24.3 Å². The van der Waals surface area contributed by atoms with Crippen LogP contribution in [0.4, 0.5) is 0 Å². The molecule has 0 atom stereocenters. The van der Waals surface area contributed by atoms with Gasteiger partial charge in [-0.3, -0.25) is 4.99 Å². The topological polar surface area (TPSA) is 36.4 Å². The molecule has 0 radical (unpaired) electrons. The van der Waals surface area contributed by atoms with E-state index in [9.17, 15) is 0 Å². The molecular weight excluding hydrogens is 266 g/mol. The Morgan fingerprint density at radius 2 is 2.11 bits per heavy atom. The van der Waals surface area contributed by atoms with Gasteiger partial charge in [0.25, 0.3) is 0 Å². The van der Waals surface area contributed by atoms with Gasteiger partial charge in [0.1, 0.15) is 0 Å². The summed E-state index contributed by atoms with van der Waals surface area (Å²) in [5.74, 6) is 1.77. The third-order valence-electron chi connectivity index (χ3n) is 2.11. The van der Waals surface area contributed by atoms with Crippen molar-refractivity contribution in [3.05, 3.63) is 41.9 Å². The number of benzene rings is 1. The fourth-order valence-electron chi connectivity index (χ4n) is 1.26. The molecule has 3 nitrogen and oxygen atoms in total. The molecule has 0 amide bonds. The zero-order chi connectivity index (χ0) is 13.2. The Bertz CT molecular complexity index is 390. The molecule has 0 heterocycles. The normalized spacial score (nSPS) is 11.1. The van der Waals surface area contributed by atoms with Crippen LogP contribution in [0.3, 0.4) is 0 Å². The summed E-state index contributed by atoms with van der Waals surface area (Å²) in [6.45, 7) is 5.21. The fourth-order valence-corrected chi connectivity index (χ4v) is 2.15. The van der Waals surface area contributed by atoms with Crippen LogP contribution in [0.15, 0.2) is 46.8 Å². The van der Waals surface area contributed by atoms with Crippen LogP contribution in [0.2, 0.25) is 5.02 Å². The Kier molecular flexibility index (Phi) is 7.37. The Balaban J connectivity index is 2.21. The molecule has 5 heteroatoms. The summed E-state index contributed by atoms with van der Waals surface area (Å²) < 4.78 is 0. The SMILES string of the molecule is C=CCNC(=NC)NCCSc1ccc(Cl)cc1. The molecular formula is C13H18ClN3S. The van der Waals surface area contributed by atoms with E-state index in [1.165, 1.54) is 4.90 Å². The second-order valence-corrected chi connectivity index (χ2v) is 5.08. The first-order valence-corrected chi connectivity index (χ1v) is 7.06. The second-order valence-electron chi connectivity index (χ2n) is 3.47. The van der Waals surface area contributed by atoms with Gasteiger partial charge in [-0.1, -0.05) is 17.7 Å². The van der Waals surface area contributed by atoms with Crippen LogP contribution >= 0.6 is 23.4 Å². The summed E-state index contributed by atoms with van der Waals surface area (Å²) in [7, 11) is 1.75. The molecule has 0 aromatic heterocycles. The molecule has 1 rings (SSSR count). The lowest BCUT2D eigenvalue weighted by atomic mass is 10.4. The quantitative estimate of drug-likeness (QED) is 0.277. The van der Waals surface area contributed by atoms with Crippen LogP contribution in [0.5, 0.6) is 0 Å². The van der Waals surface area contributed by atoms with Crippen LogP contribution in [0, 0.1) is 0 Å². The van der Waals surface area contributed by atoms with Gasteiger partial charge in [0.05, 0.1) is 0 Å². The number of nitrogens with zero attached hydrogens (tertiary/aromatic N) is 1. The van der Waals surface area contributed by atoms with Crippen molar-refractivity contribution < 1.29 is 0 Å². The van der Waals surface area contributed by atoms with Crippen molar-refractivity contribution in [1.29, 1.82) is 0 Å². The minimum atomic E-state index is 0.712. The van der Waals surface area contributed by atoms with Crippen molar-refractivity contribution in [2.75, 3.05) is 25.9 Å². The number of aliphatic imine (C=N–C) groups is 1. The molecule has 0 unspecified atom stereocenters. The first kappa shape index (κ1) is 14.9. The van der Waals surface area contributed by atoms with E-state index >= 15 is 0 Å². The maximum atomic E-state index is 5.83. The number of halogens is 1. The highest BCUT2D eigenvalue weighted by Crippen LogP contribution is 2.19. The van der Waals surface area contributed by atoms with Gasteiger partial charge >= 0.3 is 0 Å². The monoisotopic (exact) mass is 283 g/mol. The first-order chi connectivity index (χ1) is 8.76. The summed E-state index contributed by atoms with van der Waals surface area (Å²) in [5, 5.41) is 7.12. The summed E-state index contributed by atoms with van der Waals surface area (Å²) in [4.78, 5) is 5.32. The van der Waals surface area contributed by atoms with Gasteiger partial charge in [0.2, 0.25) is 0 Å². The van der Waals surface area contributed by atoms with Gasteiger partial charge in [0.15, 0.2) is 5.96 Å². The van der Waals surface area contributed by atoms with Crippen LogP contribution in [-0.2, 0) is 0 Å². The van der Waals surface area contributed by atoms with Crippen LogP contribution < -0.4 is 10.6 Å². The molecule has 2 N–H and O–H groups in total. The van der Waals surface area contributed by atoms with Crippen molar-refractivity contribution in [2.24, 2.45) is 4.99 Å². The van der Waals surface area contributed by atoms with Gasteiger partial charge < -0.3 is 10.6 Å². The van der Waals surface area contributed by atoms with Crippen LogP contribution in [-0.4, -0.2) is 31.8 Å². The molecule has 1 aromatic carbocycles. The van der Waals surface area contributed by atoms with Crippen molar-refractivity contribution >= 4 is 29.3 Å². The lowest BCUT2D eigenvalue weighted by molar-refractivity contribution is 0.885. The lowest BCUT2D eigenvalue weighted by Crippen LogP contribution is -2.38. The molecule has 0 spiro atoms. The molecule has 0 aliphatic rings. The molecule has 0 aliphatic heterocycles. The Hall–Kier alpha value is -1.13. The molecule has 98 valence electrons. The van der Waals surface area contributed by atoms with Gasteiger partial charge in [-0.05, 0) is 24.3 Å². The zero-order valence-corrected chi connectivity index (χ0v) is 12.0. The smallest absolute Gasteiger partial charge is 0.191 e. The average Bonchev–Trinajstić information content (AvgIpc) is 2.40. The highest BCUT2D eigenvalue weighted by atomic mass is 35.5. The Labute approximate surface area is 118 Å². The van der Waals surface area contributed by atoms with E-state index in [0.29, 0.717) is 6.54 Å². The fraction of sp³-hybridized carbons (Fsp3) is 0.308. The van der Waals surface area contributed by atoms with E-state index in [2.05, 4.69) is 22.2 Å². The van der Waals surface area contributed by atoms with E-state index in [1.54, 1.807) is 24.9 Å².